The van der Waals surface area contributed by atoms with E-state index in [0.29, 0.717) is 0 Å². The monoisotopic (exact) mass is 248 g/mol. The van der Waals surface area contributed by atoms with Crippen molar-refractivity contribution < 1.29 is 0 Å². The Bertz CT molecular complexity index is 399. The Morgan fingerprint density at radius 2 is 1.94 bits per heavy atom. The van der Waals surface area contributed by atoms with Crippen LogP contribution >= 0.6 is 0 Å². The van der Waals surface area contributed by atoms with Gasteiger partial charge in [-0.15, -0.1) is 0 Å². The van der Waals surface area contributed by atoms with Crippen molar-refractivity contribution in [1.29, 1.82) is 0 Å². The fourth-order valence-electron chi connectivity index (χ4n) is 2.60. The number of hydrogen-bond acceptors (Lipinski definition) is 4. The molecule has 18 heavy (non-hydrogen) atoms. The molecule has 1 aromatic heterocycles. The van der Waals surface area contributed by atoms with Crippen LogP contribution in [-0.2, 0) is 19.3 Å². The molecule has 4 heteroatoms. The number of hydrogen-bond donors (Lipinski definition) is 1. The number of likely N-dealkylation sites (N-methyl/N-ethyl adjacent to an activating group) is 1. The summed E-state index contributed by atoms with van der Waals surface area (Å²) < 4.78 is 0. The van der Waals surface area contributed by atoms with Crippen LogP contribution in [0.2, 0.25) is 0 Å². The normalized spacial score (nSPS) is 14.0. The zero-order chi connectivity index (χ0) is 13.0. The predicted octanol–water partition coefficient (Wildman–Crippen LogP) is 1.89. The van der Waals surface area contributed by atoms with Crippen LogP contribution in [0.15, 0.2) is 0 Å². The highest BCUT2D eigenvalue weighted by Gasteiger charge is 2.18. The van der Waals surface area contributed by atoms with E-state index in [-0.39, 0.29) is 0 Å². The van der Waals surface area contributed by atoms with Crippen molar-refractivity contribution in [3.63, 3.8) is 0 Å². The van der Waals surface area contributed by atoms with Crippen LogP contribution < -0.4 is 5.32 Å². The molecule has 0 atom stereocenters. The van der Waals surface area contributed by atoms with Crippen LogP contribution in [0.25, 0.3) is 0 Å². The summed E-state index contributed by atoms with van der Waals surface area (Å²) in [5.74, 6) is 2.04. The molecular formula is C14H24N4. The molecule has 0 amide bonds. The van der Waals surface area contributed by atoms with Gasteiger partial charge in [0.2, 0.25) is 0 Å². The van der Waals surface area contributed by atoms with Gasteiger partial charge in [0.25, 0.3) is 0 Å². The van der Waals surface area contributed by atoms with E-state index in [1.165, 1.54) is 17.7 Å². The maximum absolute atomic E-state index is 4.72. The van der Waals surface area contributed by atoms with Crippen LogP contribution in [0.5, 0.6) is 0 Å². The molecule has 0 unspecified atom stereocenters. The molecule has 1 N–H and O–H groups in total. The van der Waals surface area contributed by atoms with Crippen molar-refractivity contribution in [3.05, 3.63) is 17.1 Å². The minimum atomic E-state index is 0.948. The summed E-state index contributed by atoms with van der Waals surface area (Å²) in [6.45, 7) is 7.65. The molecule has 0 spiro atoms. The highest BCUT2D eigenvalue weighted by atomic mass is 15.1. The first kappa shape index (κ1) is 13.3. The van der Waals surface area contributed by atoms with Gasteiger partial charge in [0, 0.05) is 31.3 Å². The minimum absolute atomic E-state index is 0.948. The Morgan fingerprint density at radius 3 is 2.61 bits per heavy atom. The molecule has 1 aromatic rings. The van der Waals surface area contributed by atoms with E-state index in [2.05, 4.69) is 29.0 Å². The highest BCUT2D eigenvalue weighted by molar-refractivity contribution is 5.48. The number of nitrogens with one attached hydrogen (secondary N) is 1. The fourth-order valence-corrected chi connectivity index (χ4v) is 2.60. The molecule has 1 aliphatic carbocycles. The first-order valence-electron chi connectivity index (χ1n) is 7.07. The molecule has 0 fully saturated rings. The van der Waals surface area contributed by atoms with E-state index in [1.807, 2.05) is 7.05 Å². The van der Waals surface area contributed by atoms with Crippen molar-refractivity contribution >= 4 is 5.82 Å². The molecule has 0 aliphatic heterocycles. The summed E-state index contributed by atoms with van der Waals surface area (Å²) in [6.07, 6.45) is 4.41. The minimum Gasteiger partial charge on any atom is -0.373 e. The van der Waals surface area contributed by atoms with Gasteiger partial charge in [-0.05, 0) is 32.4 Å². The van der Waals surface area contributed by atoms with Crippen molar-refractivity contribution in [2.75, 3.05) is 32.0 Å². The topological polar surface area (TPSA) is 41.1 Å². The van der Waals surface area contributed by atoms with Crippen molar-refractivity contribution in [3.8, 4) is 0 Å². The Morgan fingerprint density at radius 1 is 1.17 bits per heavy atom. The molecular weight excluding hydrogens is 224 g/mol. The lowest BCUT2D eigenvalue weighted by molar-refractivity contribution is 0.305. The maximum atomic E-state index is 4.72. The third-order valence-corrected chi connectivity index (χ3v) is 3.76. The van der Waals surface area contributed by atoms with E-state index in [1.54, 1.807) is 0 Å². The van der Waals surface area contributed by atoms with Crippen molar-refractivity contribution in [2.24, 2.45) is 0 Å². The van der Waals surface area contributed by atoms with E-state index in [4.69, 9.17) is 4.98 Å². The molecule has 0 radical (unpaired) electrons. The van der Waals surface area contributed by atoms with E-state index >= 15 is 0 Å². The Balaban J connectivity index is 2.09. The second-order valence-corrected chi connectivity index (χ2v) is 4.79. The second kappa shape index (κ2) is 6.14. The van der Waals surface area contributed by atoms with Gasteiger partial charge in [-0.25, -0.2) is 9.97 Å². The lowest BCUT2D eigenvalue weighted by Crippen LogP contribution is -2.26. The summed E-state index contributed by atoms with van der Waals surface area (Å²) in [7, 11) is 1.95. The van der Waals surface area contributed by atoms with Crippen LogP contribution in [0.3, 0.4) is 0 Å². The zero-order valence-corrected chi connectivity index (χ0v) is 11.8. The average Bonchev–Trinajstić information content (AvgIpc) is 2.87. The molecule has 0 aromatic carbocycles. The quantitative estimate of drug-likeness (QED) is 0.834. The lowest BCUT2D eigenvalue weighted by atomic mass is 10.2. The number of aromatic nitrogens is 2. The number of nitrogens with zero attached hydrogens (tertiary/aromatic N) is 3. The molecule has 1 heterocycles. The number of aryl methyl sites for hydroxylation is 1. The van der Waals surface area contributed by atoms with Gasteiger partial charge in [0.15, 0.2) is 0 Å². The Hall–Kier alpha value is -1.16. The standard InChI is InChI=1S/C14H24N4/c1-4-18(5-2)10-9-13-16-12-8-6-7-11(12)14(15-3)17-13/h4-10H2,1-3H3,(H,15,16,17). The van der Waals surface area contributed by atoms with E-state index < -0.39 is 0 Å². The van der Waals surface area contributed by atoms with E-state index in [9.17, 15) is 0 Å². The van der Waals surface area contributed by atoms with Crippen LogP contribution in [0.4, 0.5) is 5.82 Å². The summed E-state index contributed by atoms with van der Waals surface area (Å²) >= 11 is 0. The summed E-state index contributed by atoms with van der Waals surface area (Å²) in [6, 6.07) is 0. The van der Waals surface area contributed by atoms with Crippen LogP contribution in [0, 0.1) is 0 Å². The Kier molecular flexibility index (Phi) is 4.53. The highest BCUT2D eigenvalue weighted by Crippen LogP contribution is 2.25. The molecule has 1 aliphatic rings. The molecule has 2 rings (SSSR count). The largest absolute Gasteiger partial charge is 0.373 e. The first-order valence-corrected chi connectivity index (χ1v) is 7.07. The molecule has 0 bridgehead atoms. The zero-order valence-electron chi connectivity index (χ0n) is 11.8. The number of anilines is 1. The molecule has 100 valence electrons. The smallest absolute Gasteiger partial charge is 0.132 e. The number of rotatable bonds is 6. The van der Waals surface area contributed by atoms with Gasteiger partial charge < -0.3 is 10.2 Å². The van der Waals surface area contributed by atoms with Gasteiger partial charge in [-0.2, -0.15) is 0 Å². The van der Waals surface area contributed by atoms with Crippen LogP contribution in [0.1, 0.15) is 37.4 Å². The van der Waals surface area contributed by atoms with Crippen molar-refractivity contribution in [2.45, 2.75) is 39.5 Å². The summed E-state index contributed by atoms with van der Waals surface area (Å²) in [4.78, 5) is 11.8. The SMILES string of the molecule is CCN(CC)CCc1nc2c(c(NC)n1)CCC2. The average molecular weight is 248 g/mol. The van der Waals surface area contributed by atoms with Gasteiger partial charge in [-0.1, -0.05) is 13.8 Å². The first-order chi connectivity index (χ1) is 8.78. The third kappa shape index (κ3) is 2.80. The summed E-state index contributed by atoms with van der Waals surface area (Å²) in [5, 5.41) is 3.22. The summed E-state index contributed by atoms with van der Waals surface area (Å²) in [5.41, 5.74) is 2.60. The third-order valence-electron chi connectivity index (χ3n) is 3.76. The second-order valence-electron chi connectivity index (χ2n) is 4.79. The van der Waals surface area contributed by atoms with Crippen LogP contribution in [-0.4, -0.2) is 41.5 Å². The Labute approximate surface area is 110 Å². The van der Waals surface area contributed by atoms with Crippen molar-refractivity contribution in [1.82, 2.24) is 14.9 Å². The maximum Gasteiger partial charge on any atom is 0.132 e. The fraction of sp³-hybridized carbons (Fsp3) is 0.714. The van der Waals surface area contributed by atoms with E-state index in [0.717, 1.165) is 50.5 Å². The lowest BCUT2D eigenvalue weighted by Gasteiger charge is -2.17. The molecule has 0 saturated heterocycles. The van der Waals surface area contributed by atoms with Gasteiger partial charge in [0.1, 0.15) is 11.6 Å². The predicted molar refractivity (Wildman–Crippen MR) is 75.1 cm³/mol. The number of fused-ring (bicyclic) bond motifs is 1. The molecule has 4 nitrogen and oxygen atoms in total. The molecule has 0 saturated carbocycles. The van der Waals surface area contributed by atoms with Gasteiger partial charge in [-0.3, -0.25) is 0 Å². The van der Waals surface area contributed by atoms with Gasteiger partial charge >= 0.3 is 0 Å². The van der Waals surface area contributed by atoms with Gasteiger partial charge in [0.05, 0.1) is 0 Å².